The van der Waals surface area contributed by atoms with Crippen molar-refractivity contribution in [1.82, 2.24) is 4.31 Å². The van der Waals surface area contributed by atoms with Crippen LogP contribution in [0.5, 0.6) is 17.2 Å². The van der Waals surface area contributed by atoms with Gasteiger partial charge >= 0.3 is 0 Å². The highest BCUT2D eigenvalue weighted by Crippen LogP contribution is 2.38. The van der Waals surface area contributed by atoms with E-state index in [4.69, 9.17) is 18.9 Å². The molecule has 1 heterocycles. The van der Waals surface area contributed by atoms with E-state index >= 15 is 0 Å². The first kappa shape index (κ1) is 23.6. The molecule has 1 N–H and O–H groups in total. The van der Waals surface area contributed by atoms with Crippen molar-refractivity contribution >= 4 is 27.7 Å². The molecule has 0 aromatic heterocycles. The van der Waals surface area contributed by atoms with Gasteiger partial charge in [-0.25, -0.2) is 8.42 Å². The third-order valence-electron chi connectivity index (χ3n) is 4.84. The van der Waals surface area contributed by atoms with E-state index in [0.717, 1.165) is 0 Å². The minimum Gasteiger partial charge on any atom is -0.493 e. The fourth-order valence-corrected chi connectivity index (χ4v) is 4.61. The van der Waals surface area contributed by atoms with Crippen LogP contribution >= 0.6 is 0 Å². The van der Waals surface area contributed by atoms with Gasteiger partial charge in [0.25, 0.3) is 0 Å². The number of morpholine rings is 1. The third kappa shape index (κ3) is 5.39. The third-order valence-corrected chi connectivity index (χ3v) is 6.76. The summed E-state index contributed by atoms with van der Waals surface area (Å²) in [7, 11) is 0.963. The maximum Gasteiger partial charge on any atom is 0.248 e. The molecule has 0 atom stereocenters. The normalized spacial score (nSPS) is 14.8. The van der Waals surface area contributed by atoms with Crippen molar-refractivity contribution in [2.75, 3.05) is 52.9 Å². The van der Waals surface area contributed by atoms with Gasteiger partial charge in [-0.1, -0.05) is 0 Å². The zero-order chi connectivity index (χ0) is 23.1. The average Bonchev–Trinajstić information content (AvgIpc) is 2.82. The van der Waals surface area contributed by atoms with Crippen molar-refractivity contribution in [1.29, 1.82) is 0 Å². The first-order chi connectivity index (χ1) is 15.4. The van der Waals surface area contributed by atoms with Crippen LogP contribution in [0.2, 0.25) is 0 Å². The van der Waals surface area contributed by atoms with Gasteiger partial charge in [0.1, 0.15) is 0 Å². The number of methoxy groups -OCH3 is 3. The van der Waals surface area contributed by atoms with Crippen LogP contribution < -0.4 is 19.5 Å². The van der Waals surface area contributed by atoms with E-state index in [1.807, 2.05) is 0 Å². The number of carbonyl (C=O) groups is 1. The lowest BCUT2D eigenvalue weighted by Gasteiger charge is -2.26. The van der Waals surface area contributed by atoms with Crippen LogP contribution in [-0.2, 0) is 19.6 Å². The zero-order valence-corrected chi connectivity index (χ0v) is 19.0. The average molecular weight is 463 g/mol. The summed E-state index contributed by atoms with van der Waals surface area (Å²) in [5.74, 6) is 1.04. The standard InChI is InChI=1S/C22H26N2O7S/c1-28-19-14-16(15-20(29-2)22(19)30-3)4-9-21(25)23-17-5-7-18(8-6-17)32(26,27)24-10-12-31-13-11-24/h4-9,14-15H,10-13H2,1-3H3,(H,23,25)/b9-4+. The molecule has 2 aromatic rings. The Kier molecular flexibility index (Phi) is 7.73. The molecular weight excluding hydrogens is 436 g/mol. The van der Waals surface area contributed by atoms with Crippen molar-refractivity contribution in [2.24, 2.45) is 0 Å². The second-order valence-corrected chi connectivity index (χ2v) is 8.76. The number of ether oxygens (including phenoxy) is 4. The van der Waals surface area contributed by atoms with E-state index in [-0.39, 0.29) is 10.8 Å². The molecule has 1 fully saturated rings. The summed E-state index contributed by atoms with van der Waals surface area (Å²) >= 11 is 0. The molecule has 0 unspecified atom stereocenters. The molecule has 2 aromatic carbocycles. The number of nitrogens with zero attached hydrogens (tertiary/aromatic N) is 1. The smallest absolute Gasteiger partial charge is 0.248 e. The Morgan fingerprint density at radius 3 is 2.12 bits per heavy atom. The van der Waals surface area contributed by atoms with Gasteiger partial charge in [0.05, 0.1) is 39.4 Å². The summed E-state index contributed by atoms with van der Waals surface area (Å²) in [5.41, 5.74) is 1.16. The topological polar surface area (TPSA) is 103 Å². The van der Waals surface area contributed by atoms with Crippen LogP contribution in [0.15, 0.2) is 47.4 Å². The summed E-state index contributed by atoms with van der Waals surface area (Å²) < 4.78 is 47.8. The van der Waals surface area contributed by atoms with Crippen LogP contribution in [0.4, 0.5) is 5.69 Å². The SMILES string of the molecule is COc1cc(/C=C/C(=O)Nc2ccc(S(=O)(=O)N3CCOCC3)cc2)cc(OC)c1OC. The fraction of sp³-hybridized carbons (Fsp3) is 0.318. The van der Waals surface area contributed by atoms with E-state index in [2.05, 4.69) is 5.32 Å². The fourth-order valence-electron chi connectivity index (χ4n) is 3.20. The second kappa shape index (κ2) is 10.5. The predicted octanol–water partition coefficient (Wildman–Crippen LogP) is 2.39. The van der Waals surface area contributed by atoms with Gasteiger partial charge in [-0.2, -0.15) is 4.31 Å². The number of amides is 1. The van der Waals surface area contributed by atoms with Crippen molar-refractivity contribution in [3.8, 4) is 17.2 Å². The maximum atomic E-state index is 12.7. The minimum atomic E-state index is -3.58. The lowest BCUT2D eigenvalue weighted by molar-refractivity contribution is -0.111. The van der Waals surface area contributed by atoms with Crippen molar-refractivity contribution in [3.05, 3.63) is 48.0 Å². The lowest BCUT2D eigenvalue weighted by Crippen LogP contribution is -2.40. The zero-order valence-electron chi connectivity index (χ0n) is 18.2. The van der Waals surface area contributed by atoms with Crippen molar-refractivity contribution in [3.63, 3.8) is 0 Å². The summed E-state index contributed by atoms with van der Waals surface area (Å²) in [6, 6.07) is 9.50. The summed E-state index contributed by atoms with van der Waals surface area (Å²) in [5, 5.41) is 2.71. The molecule has 1 saturated heterocycles. The van der Waals surface area contributed by atoms with Crippen LogP contribution in [0.25, 0.3) is 6.08 Å². The quantitative estimate of drug-likeness (QED) is 0.601. The Balaban J connectivity index is 1.68. The molecule has 0 spiro atoms. The minimum absolute atomic E-state index is 0.172. The van der Waals surface area contributed by atoms with Crippen LogP contribution in [0, 0.1) is 0 Å². The van der Waals surface area contributed by atoms with E-state index in [9.17, 15) is 13.2 Å². The molecule has 1 aliphatic rings. The van der Waals surface area contributed by atoms with Crippen LogP contribution in [0.3, 0.4) is 0 Å². The number of hydrogen-bond acceptors (Lipinski definition) is 7. The summed E-state index contributed by atoms with van der Waals surface area (Å²) in [6.07, 6.45) is 2.97. The highest BCUT2D eigenvalue weighted by molar-refractivity contribution is 7.89. The maximum absolute atomic E-state index is 12.7. The number of nitrogens with one attached hydrogen (secondary N) is 1. The van der Waals surface area contributed by atoms with Crippen molar-refractivity contribution < 1.29 is 32.2 Å². The Bertz CT molecular complexity index is 1050. The van der Waals surface area contributed by atoms with E-state index in [0.29, 0.717) is 54.8 Å². The number of hydrogen-bond donors (Lipinski definition) is 1. The van der Waals surface area contributed by atoms with Gasteiger partial charge in [0.2, 0.25) is 21.7 Å². The van der Waals surface area contributed by atoms with Gasteiger partial charge in [-0.15, -0.1) is 0 Å². The number of sulfonamides is 1. The molecule has 9 nitrogen and oxygen atoms in total. The van der Waals surface area contributed by atoms with Gasteiger partial charge < -0.3 is 24.3 Å². The predicted molar refractivity (Wildman–Crippen MR) is 120 cm³/mol. The summed E-state index contributed by atoms with van der Waals surface area (Å²) in [4.78, 5) is 12.5. The molecule has 1 amide bonds. The van der Waals surface area contributed by atoms with Gasteiger partial charge in [-0.05, 0) is 48.0 Å². The van der Waals surface area contributed by atoms with Crippen LogP contribution in [0.1, 0.15) is 5.56 Å². The molecular formula is C22H26N2O7S. The molecule has 3 rings (SSSR count). The first-order valence-electron chi connectivity index (χ1n) is 9.86. The largest absolute Gasteiger partial charge is 0.493 e. The van der Waals surface area contributed by atoms with Gasteiger partial charge in [0, 0.05) is 24.9 Å². The Labute approximate surface area is 187 Å². The van der Waals surface area contributed by atoms with Crippen molar-refractivity contribution in [2.45, 2.75) is 4.90 Å². The lowest BCUT2D eigenvalue weighted by atomic mass is 10.1. The van der Waals surface area contributed by atoms with E-state index in [1.165, 1.54) is 43.8 Å². The highest BCUT2D eigenvalue weighted by atomic mass is 32.2. The Morgan fingerprint density at radius 1 is 1.00 bits per heavy atom. The summed E-state index contributed by atoms with van der Waals surface area (Å²) in [6.45, 7) is 1.41. The number of rotatable bonds is 8. The molecule has 0 bridgehead atoms. The Hall–Kier alpha value is -3.08. The van der Waals surface area contributed by atoms with E-state index in [1.54, 1.807) is 30.3 Å². The van der Waals surface area contributed by atoms with Crippen LogP contribution in [-0.4, -0.2) is 66.3 Å². The molecule has 0 saturated carbocycles. The highest BCUT2D eigenvalue weighted by Gasteiger charge is 2.26. The molecule has 32 heavy (non-hydrogen) atoms. The number of carbonyl (C=O) groups excluding carboxylic acids is 1. The Morgan fingerprint density at radius 2 is 1.59 bits per heavy atom. The first-order valence-corrected chi connectivity index (χ1v) is 11.3. The number of benzene rings is 2. The number of anilines is 1. The monoisotopic (exact) mass is 462 g/mol. The van der Waals surface area contributed by atoms with Gasteiger partial charge in [0.15, 0.2) is 11.5 Å². The molecule has 0 aliphatic carbocycles. The molecule has 0 radical (unpaired) electrons. The molecule has 172 valence electrons. The second-order valence-electron chi connectivity index (χ2n) is 6.82. The molecule has 10 heteroatoms. The molecule has 1 aliphatic heterocycles. The van der Waals surface area contributed by atoms with E-state index < -0.39 is 10.0 Å². The van der Waals surface area contributed by atoms with Gasteiger partial charge in [-0.3, -0.25) is 4.79 Å².